The molecule has 9 aromatic rings. The lowest BCUT2D eigenvalue weighted by molar-refractivity contribution is -0.127. The molecule has 1 fully saturated rings. The van der Waals surface area contributed by atoms with E-state index in [1.807, 2.05) is 0 Å². The van der Waals surface area contributed by atoms with Crippen LogP contribution in [0.5, 0.6) is 0 Å². The standard InChI is InChI=1S/C34H33FN6O4S.C21H19ClN8O3/c1-3-22(43)8-7-13-36-30-11-6-12-31(39-30)38-27-14-20(18-40(2)33(27)44)24-15-21(35)16-28(26(24)19-42)41-34(45)32-25(17-37-41)23-9-4-5-10-29(23)46-32;1-2-15(31)29-7-3-4-12(9-29)30-19-16(18(23)24-10-25-19)17(28-30)20(32)27-21-26-13-8-11(22)5-6-14(13)33-21/h3,6,11-12,14-18,42H,1,4-5,7-10,13,19H2,2H3,(H2,36,38,39);2,5-6,8,10,12H,1,3-4,7,9H2,(H2,23,24,25)(H,26,27,32)/t;12-/m.1/s1. The molecular formula is C55H52ClFN14O7S. The first-order valence-electron chi connectivity index (χ1n) is 25.3. The molecule has 79 heavy (non-hydrogen) atoms. The third-order valence-corrected chi connectivity index (χ3v) is 15.2. The number of ketones is 1. The highest BCUT2D eigenvalue weighted by molar-refractivity contribution is 7.19. The Morgan fingerprint density at radius 1 is 1.01 bits per heavy atom. The van der Waals surface area contributed by atoms with Crippen molar-refractivity contribution < 1.29 is 28.3 Å². The highest BCUT2D eigenvalue weighted by atomic mass is 35.5. The molecular weight excluding hydrogens is 1060 g/mol. The third kappa shape index (κ3) is 11.1. The molecule has 11 rings (SSSR count). The Kier molecular flexibility index (Phi) is 15.5. The average molecular weight is 1110 g/mol. The van der Waals surface area contributed by atoms with Crippen LogP contribution in [0.1, 0.15) is 71.1 Å². The highest BCUT2D eigenvalue weighted by Gasteiger charge is 2.30. The average Bonchev–Trinajstić information content (AvgIpc) is 4.41. The number of rotatable bonds is 15. The van der Waals surface area contributed by atoms with Crippen molar-refractivity contribution in [2.45, 2.75) is 64.0 Å². The number of pyridine rings is 2. The number of aromatic nitrogens is 9. The van der Waals surface area contributed by atoms with Crippen molar-refractivity contribution in [1.29, 1.82) is 0 Å². The Morgan fingerprint density at radius 2 is 1.84 bits per heavy atom. The molecule has 1 atom stereocenters. The lowest BCUT2D eigenvalue weighted by Crippen LogP contribution is -2.40. The summed E-state index contributed by atoms with van der Waals surface area (Å²) in [6, 6.07) is 14.0. The van der Waals surface area contributed by atoms with Crippen LogP contribution in [-0.2, 0) is 36.1 Å². The molecule has 2 aromatic carbocycles. The van der Waals surface area contributed by atoms with Gasteiger partial charge in [-0.2, -0.15) is 19.9 Å². The van der Waals surface area contributed by atoms with Crippen LogP contribution in [0.4, 0.5) is 33.5 Å². The second-order valence-electron chi connectivity index (χ2n) is 18.8. The van der Waals surface area contributed by atoms with Gasteiger partial charge in [-0.05, 0) is 111 Å². The van der Waals surface area contributed by atoms with E-state index in [1.165, 1.54) is 57.0 Å². The Hall–Kier alpha value is -8.93. The number of fused-ring (bicyclic) bond motifs is 5. The molecule has 24 heteroatoms. The van der Waals surface area contributed by atoms with Gasteiger partial charge in [-0.15, -0.1) is 11.3 Å². The number of likely N-dealkylation sites (tertiary alicyclic amines) is 1. The molecule has 404 valence electrons. The number of nitrogens with one attached hydrogen (secondary N) is 3. The summed E-state index contributed by atoms with van der Waals surface area (Å²) in [6.07, 6.45) is 13.6. The number of benzene rings is 2. The van der Waals surface area contributed by atoms with Crippen LogP contribution in [0.2, 0.25) is 5.02 Å². The lowest BCUT2D eigenvalue weighted by atomic mass is 9.97. The topological polar surface area (TPSA) is 276 Å². The van der Waals surface area contributed by atoms with Gasteiger partial charge in [-0.1, -0.05) is 30.8 Å². The van der Waals surface area contributed by atoms with Crippen molar-refractivity contribution in [3.63, 3.8) is 0 Å². The number of thiophene rings is 1. The molecule has 7 aromatic heterocycles. The summed E-state index contributed by atoms with van der Waals surface area (Å²) < 4.78 is 25.6. The number of carbonyl (C=O) groups is 3. The normalized spacial score (nSPS) is 14.1. The quantitative estimate of drug-likeness (QED) is 0.0478. The monoisotopic (exact) mass is 1110 g/mol. The van der Waals surface area contributed by atoms with Gasteiger partial charge < -0.3 is 35.4 Å². The number of carbonyl (C=O) groups excluding carboxylic acids is 3. The van der Waals surface area contributed by atoms with Gasteiger partial charge >= 0.3 is 6.01 Å². The number of aliphatic hydroxyl groups is 1. The van der Waals surface area contributed by atoms with Crippen LogP contribution in [0.15, 0.2) is 113 Å². The van der Waals surface area contributed by atoms with Crippen LogP contribution >= 0.6 is 22.9 Å². The first kappa shape index (κ1) is 53.5. The van der Waals surface area contributed by atoms with Crippen LogP contribution in [0, 0.1) is 5.82 Å². The molecule has 21 nitrogen and oxygen atoms in total. The summed E-state index contributed by atoms with van der Waals surface area (Å²) in [7, 11) is 1.57. The van der Waals surface area contributed by atoms with Crippen LogP contribution in [-0.4, -0.2) is 91.3 Å². The van der Waals surface area contributed by atoms with Crippen molar-refractivity contribution >= 4 is 102 Å². The molecule has 6 N–H and O–H groups in total. The van der Waals surface area contributed by atoms with Gasteiger partial charge in [0.2, 0.25) is 5.91 Å². The fourth-order valence-electron chi connectivity index (χ4n) is 9.83. The first-order valence-corrected chi connectivity index (χ1v) is 26.5. The number of anilines is 5. The Labute approximate surface area is 458 Å². The number of aliphatic hydroxyl groups excluding tert-OH is 1. The van der Waals surface area contributed by atoms with Crippen LogP contribution < -0.4 is 32.8 Å². The Morgan fingerprint density at radius 3 is 2.65 bits per heavy atom. The van der Waals surface area contributed by atoms with Gasteiger partial charge in [0.25, 0.3) is 17.0 Å². The molecule has 8 heterocycles. The molecule has 1 aliphatic heterocycles. The highest BCUT2D eigenvalue weighted by Crippen LogP contribution is 2.36. The molecule has 2 aliphatic rings. The number of amides is 2. The second kappa shape index (κ2) is 23.0. The summed E-state index contributed by atoms with van der Waals surface area (Å²) in [4.78, 5) is 83.6. The zero-order valence-corrected chi connectivity index (χ0v) is 44.2. The Balaban J connectivity index is 0.000000188. The second-order valence-corrected chi connectivity index (χ2v) is 20.4. The van der Waals surface area contributed by atoms with E-state index in [1.54, 1.807) is 71.5 Å². The number of allylic oxidation sites excluding steroid dienone is 1. The van der Waals surface area contributed by atoms with Gasteiger partial charge in [0, 0.05) is 71.8 Å². The van der Waals surface area contributed by atoms with Gasteiger partial charge in [0.1, 0.15) is 45.5 Å². The minimum absolute atomic E-state index is 0.00388. The molecule has 0 unspecified atom stereocenters. The van der Waals surface area contributed by atoms with E-state index in [-0.39, 0.29) is 57.8 Å². The van der Waals surface area contributed by atoms with E-state index >= 15 is 4.39 Å². The zero-order chi connectivity index (χ0) is 55.5. The van der Waals surface area contributed by atoms with Gasteiger partial charge in [-0.3, -0.25) is 29.3 Å². The molecule has 0 spiro atoms. The number of piperidine rings is 1. The minimum atomic E-state index is -0.625. The maximum atomic E-state index is 15.3. The SMILES string of the molecule is C=CC(=O)CCCNc1cccc(Nc2cc(-c3cc(F)cc(-n4ncc5c6c(sc5c4=O)CCCC6)c3CO)cn(C)c2=O)n1.C=CC(=O)N1CCC[C@@H](n2nc(C(=O)Nc3nc4cc(Cl)ccc4o3)c3c(N)ncnc32)C1. The molecule has 0 saturated carbocycles. The number of hydrogen-bond donors (Lipinski definition) is 5. The number of hydrogen-bond acceptors (Lipinski definition) is 17. The number of oxazole rings is 1. The van der Waals surface area contributed by atoms with E-state index < -0.39 is 18.3 Å². The largest absolute Gasteiger partial charge is 0.423 e. The van der Waals surface area contributed by atoms with Crippen molar-refractivity contribution in [3.8, 4) is 16.8 Å². The fraction of sp³-hybridized carbons (Fsp3) is 0.255. The molecule has 0 radical (unpaired) electrons. The maximum Gasteiger partial charge on any atom is 0.302 e. The third-order valence-electron chi connectivity index (χ3n) is 13.7. The molecule has 0 bridgehead atoms. The predicted molar refractivity (Wildman–Crippen MR) is 301 cm³/mol. The Bertz CT molecular complexity index is 4020. The van der Waals surface area contributed by atoms with Gasteiger partial charge in [0.05, 0.1) is 29.9 Å². The van der Waals surface area contributed by atoms with E-state index in [2.05, 4.69) is 59.2 Å². The summed E-state index contributed by atoms with van der Waals surface area (Å²) in [5.74, 6) is -0.307. The van der Waals surface area contributed by atoms with Crippen molar-refractivity contribution in [2.75, 3.05) is 41.3 Å². The van der Waals surface area contributed by atoms with Gasteiger partial charge in [0.15, 0.2) is 22.7 Å². The van der Waals surface area contributed by atoms with Crippen molar-refractivity contribution in [3.05, 3.63) is 152 Å². The van der Waals surface area contributed by atoms with Crippen molar-refractivity contribution in [1.82, 2.24) is 49.0 Å². The van der Waals surface area contributed by atoms with E-state index in [0.717, 1.165) is 48.6 Å². The van der Waals surface area contributed by atoms with Crippen LogP contribution in [0.25, 0.3) is 49.0 Å². The number of nitrogen functional groups attached to an aromatic ring is 1. The number of aryl methyl sites for hydroxylation is 3. The van der Waals surface area contributed by atoms with E-state index in [9.17, 15) is 29.1 Å². The van der Waals surface area contributed by atoms with Crippen molar-refractivity contribution in [2.24, 2.45) is 7.05 Å². The zero-order valence-electron chi connectivity index (χ0n) is 42.7. The maximum absolute atomic E-state index is 15.3. The summed E-state index contributed by atoms with van der Waals surface area (Å²) in [5.41, 5.74) is 9.34. The van der Waals surface area contributed by atoms with E-state index in [0.29, 0.717) is 92.7 Å². The molecule has 1 saturated heterocycles. The van der Waals surface area contributed by atoms with E-state index in [4.69, 9.17) is 21.8 Å². The lowest BCUT2D eigenvalue weighted by Gasteiger charge is -2.32. The fourth-order valence-corrected chi connectivity index (χ4v) is 11.3. The summed E-state index contributed by atoms with van der Waals surface area (Å²) >= 11 is 7.45. The minimum Gasteiger partial charge on any atom is -0.423 e. The van der Waals surface area contributed by atoms with Gasteiger partial charge in [-0.25, -0.2) is 24.0 Å². The first-order chi connectivity index (χ1) is 38.2. The number of nitrogens with zero attached hydrogens (tertiary/aromatic N) is 10. The molecule has 1 aliphatic carbocycles. The smallest absolute Gasteiger partial charge is 0.302 e. The van der Waals surface area contributed by atoms with Crippen LogP contribution in [0.3, 0.4) is 0 Å². The summed E-state index contributed by atoms with van der Waals surface area (Å²) in [6.45, 7) is 8.11. The number of nitrogens with two attached hydrogens (primary N) is 1. The summed E-state index contributed by atoms with van der Waals surface area (Å²) in [5, 5.41) is 30.0. The predicted octanol–water partition coefficient (Wildman–Crippen LogP) is 8.21. The number of halogens is 2. The molecule has 2 amide bonds.